The summed E-state index contributed by atoms with van der Waals surface area (Å²) in [6, 6.07) is 52.1. The van der Waals surface area contributed by atoms with Crippen molar-refractivity contribution in [1.29, 1.82) is 15.8 Å². The van der Waals surface area contributed by atoms with E-state index in [0.29, 0.717) is 28.5 Å². The third-order valence-corrected chi connectivity index (χ3v) is 14.9. The molecule has 0 aliphatic carbocycles. The largest absolute Gasteiger partial charge is 0.203 e. The summed E-state index contributed by atoms with van der Waals surface area (Å²) in [6.45, 7) is 23.8. The van der Waals surface area contributed by atoms with Crippen molar-refractivity contribution in [3.05, 3.63) is 237 Å². The van der Waals surface area contributed by atoms with Crippen LogP contribution in [-0.4, -0.2) is 14.0 Å². The number of benzene rings is 7. The maximum Gasteiger partial charge on any atom is 0.203 e. The molecule has 0 spiro atoms. The Kier molecular flexibility index (Phi) is 16.9. The lowest BCUT2D eigenvalue weighted by Gasteiger charge is -2.17. The summed E-state index contributed by atoms with van der Waals surface area (Å²) < 4.78 is 12.7. The van der Waals surface area contributed by atoms with E-state index in [0.717, 1.165) is 33.8 Å². The summed E-state index contributed by atoms with van der Waals surface area (Å²) in [4.78, 5) is 0. The van der Waals surface area contributed by atoms with Crippen molar-refractivity contribution in [2.45, 2.75) is 88.0 Å². The molecule has 0 unspecified atom stereocenters. The van der Waals surface area contributed by atoms with E-state index < -0.39 is 0 Å². The highest BCUT2D eigenvalue weighted by atomic mass is 15.4. The molecule has 0 radical (unpaired) electrons. The Balaban J connectivity index is 0.000000157. The van der Waals surface area contributed by atoms with Gasteiger partial charge in [-0.25, -0.2) is 0 Å². The van der Waals surface area contributed by atoms with Crippen LogP contribution in [0.2, 0.25) is 0 Å². The molecule has 9 heteroatoms. The molecule has 0 fully saturated rings. The topological polar surface area (TPSA) is 97.8 Å². The molecule has 0 saturated carbocycles. The van der Waals surface area contributed by atoms with Crippen molar-refractivity contribution < 1.29 is 14.0 Å². The number of rotatable bonds is 9. The average molecular weight is 1040 g/mol. The molecule has 0 atom stereocenters. The van der Waals surface area contributed by atoms with Crippen LogP contribution in [0.1, 0.15) is 106 Å². The molecule has 79 heavy (non-hydrogen) atoms. The van der Waals surface area contributed by atoms with Crippen LogP contribution in [0.4, 0.5) is 0 Å². The summed E-state index contributed by atoms with van der Waals surface area (Å²) in [6.07, 6.45) is 13.0. The van der Waals surface area contributed by atoms with E-state index in [-0.39, 0.29) is 0 Å². The fraction of sp³-hybridized carbons (Fsp3) is 0.229. The van der Waals surface area contributed by atoms with E-state index in [1.807, 2.05) is 88.6 Å². The lowest BCUT2D eigenvalue weighted by Crippen LogP contribution is -2.37. The first-order valence-electron chi connectivity index (χ1n) is 27.0. The van der Waals surface area contributed by atoms with E-state index in [1.54, 1.807) is 0 Å². The molecule has 0 saturated heterocycles. The predicted molar refractivity (Wildman–Crippen MR) is 318 cm³/mol. The van der Waals surface area contributed by atoms with Gasteiger partial charge in [0.2, 0.25) is 18.6 Å². The van der Waals surface area contributed by atoms with Gasteiger partial charge in [-0.1, -0.05) is 107 Å². The third-order valence-electron chi connectivity index (χ3n) is 14.9. The van der Waals surface area contributed by atoms with Gasteiger partial charge in [-0.15, -0.1) is 28.1 Å². The minimum atomic E-state index is 0.462. The molecule has 394 valence electrons. The van der Waals surface area contributed by atoms with Gasteiger partial charge >= 0.3 is 0 Å². The van der Waals surface area contributed by atoms with Crippen LogP contribution in [0.15, 0.2) is 171 Å². The number of nitriles is 3. The zero-order chi connectivity index (χ0) is 56.8. The van der Waals surface area contributed by atoms with Crippen molar-refractivity contribution in [3.63, 3.8) is 0 Å². The standard InChI is InChI=1S/C26H24N3.C24H28N3.C20H20N3/c1-18-12-21(15-27)10-11-25(18)29-17-24(16-28(29)4)26-19(2)13-23(14-20(26)3)22-8-6-5-7-9-22;1-16(2)21-8-7-9-22(17(3)4)24(21)20-14-26(6)27(15-20)23-11-10-19(13-25)12-18(23)5;1-14-6-5-7-15(2)20(14)18-12-22(4)23(13-18)19-9-8-17(11-21)10-16(19)3/h5-14,16-17H,1-4H3;7-12,14-17H,1-6H3;5-10,12-13H,1-4H3/q3*+1. The second kappa shape index (κ2) is 23.9. The molecule has 3 aromatic heterocycles. The van der Waals surface area contributed by atoms with Crippen LogP contribution >= 0.6 is 0 Å². The fourth-order valence-electron chi connectivity index (χ4n) is 11.0. The lowest BCUT2D eigenvalue weighted by atomic mass is 9.86. The number of aromatic nitrogens is 6. The highest BCUT2D eigenvalue weighted by Gasteiger charge is 2.23. The molecule has 9 nitrogen and oxygen atoms in total. The number of nitrogens with zero attached hydrogens (tertiary/aromatic N) is 9. The van der Waals surface area contributed by atoms with E-state index in [9.17, 15) is 0 Å². The molecule has 3 heterocycles. The molecule has 0 amide bonds. The first-order chi connectivity index (χ1) is 37.8. The Morgan fingerprint density at radius 1 is 0.342 bits per heavy atom. The second-order valence-electron chi connectivity index (χ2n) is 21.5. The van der Waals surface area contributed by atoms with Crippen molar-refractivity contribution >= 4 is 0 Å². The predicted octanol–water partition coefficient (Wildman–Crippen LogP) is 14.6. The third kappa shape index (κ3) is 12.0. The lowest BCUT2D eigenvalue weighted by molar-refractivity contribution is -0.744. The molecule has 0 N–H and O–H groups in total. The van der Waals surface area contributed by atoms with Crippen molar-refractivity contribution in [2.75, 3.05) is 0 Å². The van der Waals surface area contributed by atoms with Gasteiger partial charge in [0.25, 0.3) is 0 Å². The minimum absolute atomic E-state index is 0.462. The fourth-order valence-corrected chi connectivity index (χ4v) is 11.0. The Bertz CT molecular complexity index is 3940. The smallest absolute Gasteiger partial charge is 0.192 e. The van der Waals surface area contributed by atoms with Crippen LogP contribution in [0.25, 0.3) is 61.6 Å². The molecule has 10 aromatic rings. The van der Waals surface area contributed by atoms with Crippen LogP contribution < -0.4 is 14.0 Å². The van der Waals surface area contributed by atoms with Gasteiger partial charge in [0.15, 0.2) is 21.1 Å². The highest BCUT2D eigenvalue weighted by molar-refractivity contribution is 5.76. The first kappa shape index (κ1) is 55.9. The Hall–Kier alpha value is -9.36. The second-order valence-corrected chi connectivity index (χ2v) is 21.5. The SMILES string of the molecule is Cc1cc(C#N)ccc1-n1cc(-c2c(C(C)C)cccc2C(C)C)c[n+]1C.Cc1cc(C#N)ccc1-n1cc(-c2c(C)cc(-c3ccccc3)cc2C)c[n+]1C.Cc1cc(C#N)ccc1-n1cc(-c2c(C)cccc2C)c[n+]1C. The molecular weight excluding hydrogens is 967 g/mol. The van der Waals surface area contributed by atoms with E-state index >= 15 is 0 Å². The van der Waals surface area contributed by atoms with Gasteiger partial charge in [-0.2, -0.15) is 15.8 Å². The van der Waals surface area contributed by atoms with E-state index in [4.69, 9.17) is 15.8 Å². The number of hydrogen-bond acceptors (Lipinski definition) is 3. The molecule has 0 aliphatic rings. The number of hydrogen-bond donors (Lipinski definition) is 0. The Morgan fingerprint density at radius 2 is 0.684 bits per heavy atom. The van der Waals surface area contributed by atoms with Crippen LogP contribution in [0, 0.1) is 82.5 Å². The van der Waals surface area contributed by atoms with Crippen LogP contribution in [0.5, 0.6) is 0 Å². The summed E-state index contributed by atoms with van der Waals surface area (Å²) in [5.74, 6) is 0.924. The normalized spacial score (nSPS) is 10.8. The maximum absolute atomic E-state index is 9.13. The van der Waals surface area contributed by atoms with Crippen molar-refractivity contribution in [3.8, 4) is 79.8 Å². The monoisotopic (exact) mass is 1040 g/mol. The zero-order valence-electron chi connectivity index (χ0n) is 48.3. The first-order valence-corrected chi connectivity index (χ1v) is 27.0. The molecule has 7 aromatic carbocycles. The maximum atomic E-state index is 9.13. The molecular formula is C70H72N9+3. The number of aryl methyl sites for hydroxylation is 10. The van der Waals surface area contributed by atoms with Gasteiger partial charge in [-0.3, -0.25) is 0 Å². The van der Waals surface area contributed by atoms with Gasteiger partial charge in [0.1, 0.15) is 17.1 Å². The Morgan fingerprint density at radius 3 is 1.03 bits per heavy atom. The average Bonchev–Trinajstić information content (AvgIpc) is 4.31. The highest BCUT2D eigenvalue weighted by Crippen LogP contribution is 2.37. The van der Waals surface area contributed by atoms with Crippen LogP contribution in [0.3, 0.4) is 0 Å². The van der Waals surface area contributed by atoms with Gasteiger partial charge in [-0.05, 0) is 193 Å². The summed E-state index contributed by atoms with van der Waals surface area (Å²) in [7, 11) is 6.15. The van der Waals surface area contributed by atoms with Crippen molar-refractivity contribution in [2.24, 2.45) is 21.1 Å². The van der Waals surface area contributed by atoms with E-state index in [2.05, 4.69) is 226 Å². The zero-order valence-corrected chi connectivity index (χ0v) is 48.3. The summed E-state index contributed by atoms with van der Waals surface area (Å²) in [5, 5.41) is 27.3. The quantitative estimate of drug-likeness (QED) is 0.135. The molecule has 0 bridgehead atoms. The van der Waals surface area contributed by atoms with Gasteiger partial charge in [0.05, 0.1) is 70.2 Å². The van der Waals surface area contributed by atoms with Gasteiger partial charge in [0, 0.05) is 0 Å². The summed E-state index contributed by atoms with van der Waals surface area (Å²) in [5.41, 5.74) is 26.4. The Labute approximate surface area is 468 Å². The molecule has 10 rings (SSSR count). The van der Waals surface area contributed by atoms with Gasteiger partial charge < -0.3 is 0 Å². The van der Waals surface area contributed by atoms with Crippen LogP contribution in [-0.2, 0) is 21.1 Å². The van der Waals surface area contributed by atoms with E-state index in [1.165, 1.54) is 77.9 Å². The van der Waals surface area contributed by atoms with Crippen molar-refractivity contribution in [1.82, 2.24) is 14.0 Å². The molecule has 0 aliphatic heterocycles. The summed E-state index contributed by atoms with van der Waals surface area (Å²) >= 11 is 0. The minimum Gasteiger partial charge on any atom is -0.192 e.